The maximum atomic E-state index is 12.6. The second-order valence-corrected chi connectivity index (χ2v) is 7.56. The molecule has 3 aromatic rings. The number of amides is 2. The molecule has 7 heteroatoms. The van der Waals surface area contributed by atoms with Crippen molar-refractivity contribution in [2.45, 2.75) is 39.3 Å². The van der Waals surface area contributed by atoms with Crippen LogP contribution in [0.1, 0.15) is 30.4 Å². The fourth-order valence-electron chi connectivity index (χ4n) is 3.76. The van der Waals surface area contributed by atoms with Gasteiger partial charge in [-0.25, -0.2) is 4.98 Å². The number of fused-ring (bicyclic) bond motifs is 1. The number of aryl methyl sites for hydroxylation is 2. The molecule has 0 unspecified atom stereocenters. The highest BCUT2D eigenvalue weighted by Crippen LogP contribution is 2.22. The number of anilines is 1. The molecule has 0 radical (unpaired) electrons. The monoisotopic (exact) mass is 404 g/mol. The predicted octanol–water partition coefficient (Wildman–Crippen LogP) is 2.54. The summed E-state index contributed by atoms with van der Waals surface area (Å²) in [4.78, 5) is 43.0. The molecule has 1 aromatic heterocycles. The average molecular weight is 404 g/mol. The van der Waals surface area contributed by atoms with Crippen LogP contribution in [0.5, 0.6) is 0 Å². The number of rotatable bonds is 6. The van der Waals surface area contributed by atoms with Gasteiger partial charge in [0.25, 0.3) is 5.56 Å². The van der Waals surface area contributed by atoms with Crippen molar-refractivity contribution >= 4 is 28.4 Å². The normalized spacial score (nSPS) is 13.8. The van der Waals surface area contributed by atoms with Crippen molar-refractivity contribution in [3.63, 3.8) is 0 Å². The first-order chi connectivity index (χ1) is 14.5. The molecule has 0 spiro atoms. The van der Waals surface area contributed by atoms with E-state index in [1.54, 1.807) is 11.0 Å². The number of hydrogen-bond donors (Lipinski definition) is 1. The molecule has 1 aliphatic heterocycles. The zero-order chi connectivity index (χ0) is 21.1. The highest BCUT2D eigenvalue weighted by Gasteiger charge is 2.21. The number of hydrogen-bond acceptors (Lipinski definition) is 4. The fraction of sp³-hybridized carbons (Fsp3) is 0.304. The van der Waals surface area contributed by atoms with Crippen molar-refractivity contribution in [1.82, 2.24) is 14.9 Å². The van der Waals surface area contributed by atoms with Gasteiger partial charge in [-0.2, -0.15) is 0 Å². The number of carbonyl (C=O) groups is 2. The van der Waals surface area contributed by atoms with Gasteiger partial charge in [0, 0.05) is 38.2 Å². The molecule has 1 saturated heterocycles. The van der Waals surface area contributed by atoms with Crippen LogP contribution in [-0.4, -0.2) is 27.9 Å². The third-order valence-corrected chi connectivity index (χ3v) is 5.42. The van der Waals surface area contributed by atoms with Crippen molar-refractivity contribution in [3.05, 3.63) is 70.3 Å². The zero-order valence-corrected chi connectivity index (χ0v) is 16.9. The number of benzene rings is 2. The highest BCUT2D eigenvalue weighted by atomic mass is 16.2. The number of carbonyl (C=O) groups excluding carboxylic acids is 2. The van der Waals surface area contributed by atoms with E-state index in [9.17, 15) is 14.4 Å². The summed E-state index contributed by atoms with van der Waals surface area (Å²) in [5.41, 5.74) is 3.31. The molecule has 0 saturated carbocycles. The number of aromatic nitrogens is 2. The summed E-state index contributed by atoms with van der Waals surface area (Å²) in [6.07, 6.45) is 3.15. The fourth-order valence-corrected chi connectivity index (χ4v) is 3.76. The number of nitrogens with one attached hydrogen (secondary N) is 1. The van der Waals surface area contributed by atoms with E-state index in [0.717, 1.165) is 29.8 Å². The van der Waals surface area contributed by atoms with Crippen LogP contribution in [0, 0.1) is 6.92 Å². The van der Waals surface area contributed by atoms with Crippen molar-refractivity contribution in [2.24, 2.45) is 0 Å². The first kappa shape index (κ1) is 19.8. The molecule has 0 aliphatic carbocycles. The van der Waals surface area contributed by atoms with Crippen LogP contribution >= 0.6 is 0 Å². The maximum absolute atomic E-state index is 12.6. The molecule has 1 aliphatic rings. The molecule has 4 rings (SSSR count). The molecular formula is C23H24N4O3. The maximum Gasteiger partial charge on any atom is 0.261 e. The lowest BCUT2D eigenvalue weighted by atomic mass is 10.1. The lowest BCUT2D eigenvalue weighted by molar-refractivity contribution is -0.121. The first-order valence-corrected chi connectivity index (χ1v) is 10.1. The van der Waals surface area contributed by atoms with Crippen LogP contribution in [0.25, 0.3) is 10.9 Å². The molecule has 30 heavy (non-hydrogen) atoms. The van der Waals surface area contributed by atoms with E-state index in [0.29, 0.717) is 23.9 Å². The van der Waals surface area contributed by atoms with Gasteiger partial charge in [-0.1, -0.05) is 24.3 Å². The van der Waals surface area contributed by atoms with Gasteiger partial charge in [0.1, 0.15) is 0 Å². The van der Waals surface area contributed by atoms with Crippen LogP contribution < -0.4 is 15.8 Å². The van der Waals surface area contributed by atoms with Gasteiger partial charge >= 0.3 is 0 Å². The van der Waals surface area contributed by atoms with Crippen molar-refractivity contribution < 1.29 is 9.59 Å². The average Bonchev–Trinajstić information content (AvgIpc) is 3.18. The van der Waals surface area contributed by atoms with Crippen LogP contribution in [0.15, 0.2) is 53.6 Å². The molecule has 1 N–H and O–H groups in total. The van der Waals surface area contributed by atoms with Gasteiger partial charge in [-0.15, -0.1) is 0 Å². The minimum Gasteiger partial charge on any atom is -0.352 e. The largest absolute Gasteiger partial charge is 0.352 e. The van der Waals surface area contributed by atoms with Gasteiger partial charge in [0.05, 0.1) is 17.2 Å². The summed E-state index contributed by atoms with van der Waals surface area (Å²) in [7, 11) is 0. The zero-order valence-electron chi connectivity index (χ0n) is 16.9. The molecular weight excluding hydrogens is 380 g/mol. The van der Waals surface area contributed by atoms with Gasteiger partial charge in [-0.3, -0.25) is 19.0 Å². The van der Waals surface area contributed by atoms with E-state index in [-0.39, 0.29) is 30.3 Å². The van der Waals surface area contributed by atoms with Gasteiger partial charge in [0.2, 0.25) is 11.8 Å². The Hall–Kier alpha value is -3.48. The summed E-state index contributed by atoms with van der Waals surface area (Å²) in [6, 6.07) is 13.2. The van der Waals surface area contributed by atoms with Crippen LogP contribution in [0.2, 0.25) is 0 Å². The second kappa shape index (κ2) is 8.49. The highest BCUT2D eigenvalue weighted by molar-refractivity contribution is 5.95. The predicted molar refractivity (Wildman–Crippen MR) is 115 cm³/mol. The summed E-state index contributed by atoms with van der Waals surface area (Å²) in [5.74, 6) is -0.00490. The van der Waals surface area contributed by atoms with Gasteiger partial charge in [0.15, 0.2) is 0 Å². The minimum atomic E-state index is -0.145. The smallest absolute Gasteiger partial charge is 0.261 e. The molecule has 0 atom stereocenters. The summed E-state index contributed by atoms with van der Waals surface area (Å²) in [5, 5.41) is 3.45. The van der Waals surface area contributed by atoms with Crippen molar-refractivity contribution in [3.8, 4) is 0 Å². The molecule has 0 bridgehead atoms. The molecule has 7 nitrogen and oxygen atoms in total. The summed E-state index contributed by atoms with van der Waals surface area (Å²) in [6.45, 7) is 3.30. The lowest BCUT2D eigenvalue weighted by Gasteiger charge is -2.16. The van der Waals surface area contributed by atoms with E-state index in [1.165, 1.54) is 10.9 Å². The van der Waals surface area contributed by atoms with Gasteiger partial charge in [-0.05, 0) is 42.7 Å². The van der Waals surface area contributed by atoms with Crippen LogP contribution in [-0.2, 0) is 22.7 Å². The van der Waals surface area contributed by atoms with Crippen LogP contribution in [0.4, 0.5) is 5.69 Å². The standard InChI is InChI=1S/C23H24N4O3/c1-16-5-2-8-19-22(16)25-15-26(23(19)30)12-10-20(28)24-14-17-6-3-7-18(13-17)27-11-4-9-21(27)29/h2-3,5-8,13,15H,4,9-12,14H2,1H3,(H,24,28). The quantitative estimate of drug-likeness (QED) is 0.684. The molecule has 2 aromatic carbocycles. The Kier molecular flexibility index (Phi) is 5.61. The Morgan fingerprint density at radius 2 is 2.00 bits per heavy atom. The molecule has 2 heterocycles. The Labute approximate surface area is 174 Å². The van der Waals surface area contributed by atoms with E-state index in [1.807, 2.05) is 43.3 Å². The second-order valence-electron chi connectivity index (χ2n) is 7.56. The van der Waals surface area contributed by atoms with E-state index < -0.39 is 0 Å². The number of nitrogens with zero attached hydrogens (tertiary/aromatic N) is 3. The minimum absolute atomic E-state index is 0.139. The summed E-state index contributed by atoms with van der Waals surface area (Å²) >= 11 is 0. The van der Waals surface area contributed by atoms with Crippen molar-refractivity contribution in [1.29, 1.82) is 0 Å². The summed E-state index contributed by atoms with van der Waals surface area (Å²) < 4.78 is 1.47. The topological polar surface area (TPSA) is 84.3 Å². The first-order valence-electron chi connectivity index (χ1n) is 10.1. The Morgan fingerprint density at radius 3 is 2.80 bits per heavy atom. The molecule has 2 amide bonds. The SMILES string of the molecule is Cc1cccc2c(=O)n(CCC(=O)NCc3cccc(N4CCCC4=O)c3)cnc12. The Bertz CT molecular complexity index is 1170. The van der Waals surface area contributed by atoms with E-state index >= 15 is 0 Å². The van der Waals surface area contributed by atoms with Crippen LogP contribution in [0.3, 0.4) is 0 Å². The molecule has 154 valence electrons. The van der Waals surface area contributed by atoms with Gasteiger partial charge < -0.3 is 10.2 Å². The lowest BCUT2D eigenvalue weighted by Crippen LogP contribution is -2.27. The number of para-hydroxylation sites is 1. The molecule has 1 fully saturated rings. The van der Waals surface area contributed by atoms with E-state index in [2.05, 4.69) is 10.3 Å². The van der Waals surface area contributed by atoms with Crippen molar-refractivity contribution in [2.75, 3.05) is 11.4 Å². The Morgan fingerprint density at radius 1 is 1.17 bits per heavy atom. The third kappa shape index (κ3) is 4.10. The third-order valence-electron chi connectivity index (χ3n) is 5.42. The van der Waals surface area contributed by atoms with E-state index in [4.69, 9.17) is 0 Å². The Balaban J connectivity index is 1.36.